The number of nitriles is 1. The third-order valence-electron chi connectivity index (χ3n) is 4.60. The van der Waals surface area contributed by atoms with Crippen molar-refractivity contribution in [3.63, 3.8) is 0 Å². The molecule has 3 aromatic carbocycles. The van der Waals surface area contributed by atoms with E-state index in [1.807, 2.05) is 0 Å². The molecule has 3 aromatic rings. The van der Waals surface area contributed by atoms with Gasteiger partial charge in [-0.1, -0.05) is 41.4 Å². The van der Waals surface area contributed by atoms with Gasteiger partial charge in [0.25, 0.3) is 11.6 Å². The van der Waals surface area contributed by atoms with Gasteiger partial charge in [0.15, 0.2) is 5.75 Å². The van der Waals surface area contributed by atoms with Crippen molar-refractivity contribution in [3.8, 4) is 11.8 Å². The van der Waals surface area contributed by atoms with Gasteiger partial charge in [0.1, 0.15) is 18.2 Å². The maximum Gasteiger partial charge on any atom is 0.335 e. The highest BCUT2D eigenvalue weighted by Crippen LogP contribution is 2.35. The Morgan fingerprint density at radius 2 is 1.77 bits per heavy atom. The molecule has 176 valence electrons. The lowest BCUT2D eigenvalue weighted by Crippen LogP contribution is -2.13. The molecule has 0 spiro atoms. The summed E-state index contributed by atoms with van der Waals surface area (Å²) < 4.78 is 5.67. The second-order valence-electron chi connectivity index (χ2n) is 7.04. The lowest BCUT2D eigenvalue weighted by Gasteiger charge is -2.11. The average Bonchev–Trinajstić information content (AvgIpc) is 2.82. The van der Waals surface area contributed by atoms with Crippen molar-refractivity contribution in [1.82, 2.24) is 0 Å². The molecule has 2 N–H and O–H groups in total. The number of halogens is 2. The van der Waals surface area contributed by atoms with Gasteiger partial charge in [-0.25, -0.2) is 4.79 Å². The molecular weight excluding hydrogens is 497 g/mol. The van der Waals surface area contributed by atoms with Crippen LogP contribution in [-0.2, 0) is 11.4 Å². The van der Waals surface area contributed by atoms with E-state index < -0.39 is 16.8 Å². The summed E-state index contributed by atoms with van der Waals surface area (Å²) in [6, 6.07) is 16.1. The molecule has 0 saturated carbocycles. The summed E-state index contributed by atoms with van der Waals surface area (Å²) in [5.74, 6) is -1.64. The second kappa shape index (κ2) is 11.2. The average molecular weight is 512 g/mol. The quantitative estimate of drug-likeness (QED) is 0.170. The molecule has 0 radical (unpaired) electrons. The SMILES string of the molecule is N#C/C(=C\c1cc(Cl)c(OCc2ccc(C(=O)O)cc2)c(Cl)c1)C(=O)Nc1cccc([N+](=O)[O-])c1. The Balaban J connectivity index is 1.75. The van der Waals surface area contributed by atoms with Gasteiger partial charge >= 0.3 is 5.97 Å². The van der Waals surface area contributed by atoms with Gasteiger partial charge in [-0.2, -0.15) is 5.26 Å². The molecule has 35 heavy (non-hydrogen) atoms. The molecule has 0 aliphatic carbocycles. The van der Waals surface area contributed by atoms with Gasteiger partial charge in [-0.05, 0) is 47.5 Å². The van der Waals surface area contributed by atoms with E-state index in [0.717, 1.165) is 0 Å². The first kappa shape index (κ1) is 25.2. The fraction of sp³-hybridized carbons (Fsp3) is 0.0417. The number of aromatic carboxylic acids is 1. The first-order valence-corrected chi connectivity index (χ1v) is 10.5. The van der Waals surface area contributed by atoms with Gasteiger partial charge in [0.2, 0.25) is 0 Å². The summed E-state index contributed by atoms with van der Waals surface area (Å²) >= 11 is 12.6. The zero-order valence-electron chi connectivity index (χ0n) is 17.7. The van der Waals surface area contributed by atoms with Crippen LogP contribution < -0.4 is 10.1 Å². The van der Waals surface area contributed by atoms with E-state index in [1.54, 1.807) is 18.2 Å². The predicted molar refractivity (Wildman–Crippen MR) is 130 cm³/mol. The number of nitro benzene ring substituents is 1. The van der Waals surface area contributed by atoms with Crippen LogP contribution in [0.2, 0.25) is 10.0 Å². The minimum Gasteiger partial charge on any atom is -0.486 e. The number of nitro groups is 1. The molecule has 9 nitrogen and oxygen atoms in total. The molecular formula is C24H15Cl2N3O6. The zero-order chi connectivity index (χ0) is 25.5. The lowest BCUT2D eigenvalue weighted by atomic mass is 10.1. The molecule has 0 heterocycles. The monoisotopic (exact) mass is 511 g/mol. The summed E-state index contributed by atoms with van der Waals surface area (Å²) in [6.45, 7) is 0.0730. The number of hydrogen-bond acceptors (Lipinski definition) is 6. The van der Waals surface area contributed by atoms with Crippen LogP contribution in [-0.4, -0.2) is 21.9 Å². The number of hydrogen-bond donors (Lipinski definition) is 2. The minimum atomic E-state index is -1.04. The van der Waals surface area contributed by atoms with Crippen molar-refractivity contribution in [2.45, 2.75) is 6.61 Å². The maximum absolute atomic E-state index is 12.5. The molecule has 0 fully saturated rings. The molecule has 11 heteroatoms. The van der Waals surface area contributed by atoms with Gasteiger partial charge in [-0.15, -0.1) is 0 Å². The van der Waals surface area contributed by atoms with E-state index in [4.69, 9.17) is 33.0 Å². The second-order valence-corrected chi connectivity index (χ2v) is 7.85. The highest BCUT2D eigenvalue weighted by molar-refractivity contribution is 6.37. The van der Waals surface area contributed by atoms with Crippen LogP contribution in [0.3, 0.4) is 0 Å². The molecule has 0 unspecified atom stereocenters. The standard InChI is InChI=1S/C24H15Cl2N3O6/c25-20-9-15(8-17(12-27)23(30)28-18-2-1-3-19(11-18)29(33)34)10-21(26)22(20)35-13-14-4-6-16(7-5-14)24(31)32/h1-11H,13H2,(H,28,30)(H,31,32)/b17-8+. The van der Waals surface area contributed by atoms with Gasteiger partial charge in [0.05, 0.1) is 20.5 Å². The number of nitrogens with zero attached hydrogens (tertiary/aromatic N) is 2. The highest BCUT2D eigenvalue weighted by atomic mass is 35.5. The fourth-order valence-corrected chi connectivity index (χ4v) is 3.52. The molecule has 3 rings (SSSR count). The summed E-state index contributed by atoms with van der Waals surface area (Å²) in [4.78, 5) is 33.7. The minimum absolute atomic E-state index is 0.0730. The molecule has 0 aliphatic heterocycles. The molecule has 0 saturated heterocycles. The van der Waals surface area contributed by atoms with Gasteiger partial charge in [-0.3, -0.25) is 14.9 Å². The summed E-state index contributed by atoms with van der Waals surface area (Å²) in [5, 5.41) is 32.0. The number of rotatable bonds is 8. The molecule has 1 amide bonds. The Hall–Kier alpha value is -4.39. The number of carboxylic acid groups (broad SMARTS) is 1. The van der Waals surface area contributed by atoms with Crippen LogP contribution >= 0.6 is 23.2 Å². The van der Waals surface area contributed by atoms with E-state index in [1.165, 1.54) is 54.6 Å². The Bertz CT molecular complexity index is 1360. The largest absolute Gasteiger partial charge is 0.486 e. The van der Waals surface area contributed by atoms with Crippen LogP contribution in [0.15, 0.2) is 66.2 Å². The predicted octanol–water partition coefficient (Wildman–Crippen LogP) is 5.72. The molecule has 0 bridgehead atoms. The van der Waals surface area contributed by atoms with E-state index >= 15 is 0 Å². The number of non-ortho nitro benzene ring substituents is 1. The smallest absolute Gasteiger partial charge is 0.335 e. The number of ether oxygens (including phenoxy) is 1. The Morgan fingerprint density at radius 3 is 2.34 bits per heavy atom. The number of carbonyl (C=O) groups is 2. The highest BCUT2D eigenvalue weighted by Gasteiger charge is 2.15. The van der Waals surface area contributed by atoms with Crippen molar-refractivity contribution in [2.75, 3.05) is 5.32 Å². The number of amides is 1. The van der Waals surface area contributed by atoms with Crippen molar-refractivity contribution < 1.29 is 24.4 Å². The van der Waals surface area contributed by atoms with E-state index in [2.05, 4.69) is 5.32 Å². The maximum atomic E-state index is 12.5. The summed E-state index contributed by atoms with van der Waals surface area (Å²) in [6.07, 6.45) is 1.26. The van der Waals surface area contributed by atoms with Gasteiger partial charge in [0, 0.05) is 17.8 Å². The number of carboxylic acids is 1. The van der Waals surface area contributed by atoms with E-state index in [9.17, 15) is 25.0 Å². The van der Waals surface area contributed by atoms with Crippen LogP contribution in [0.25, 0.3) is 6.08 Å². The first-order chi connectivity index (χ1) is 16.7. The van der Waals surface area contributed by atoms with E-state index in [-0.39, 0.29) is 44.9 Å². The normalized spacial score (nSPS) is 10.8. The van der Waals surface area contributed by atoms with Crippen LogP contribution in [0, 0.1) is 21.4 Å². The summed E-state index contributed by atoms with van der Waals surface area (Å²) in [5.41, 5.74) is 0.845. The number of benzene rings is 3. The number of nitrogens with one attached hydrogen (secondary N) is 1. The Morgan fingerprint density at radius 1 is 1.11 bits per heavy atom. The number of carbonyl (C=O) groups excluding carboxylic acids is 1. The van der Waals surface area contributed by atoms with Crippen molar-refractivity contribution >= 4 is 52.5 Å². The van der Waals surface area contributed by atoms with Crippen LogP contribution in [0.4, 0.5) is 11.4 Å². The molecule has 0 aromatic heterocycles. The Kier molecular flexibility index (Phi) is 8.04. The lowest BCUT2D eigenvalue weighted by molar-refractivity contribution is -0.384. The zero-order valence-corrected chi connectivity index (χ0v) is 19.2. The van der Waals surface area contributed by atoms with Crippen LogP contribution in [0.1, 0.15) is 21.5 Å². The molecule has 0 aliphatic rings. The van der Waals surface area contributed by atoms with Gasteiger partial charge < -0.3 is 15.2 Å². The fourth-order valence-electron chi connectivity index (χ4n) is 2.91. The van der Waals surface area contributed by atoms with Crippen LogP contribution in [0.5, 0.6) is 5.75 Å². The van der Waals surface area contributed by atoms with E-state index in [0.29, 0.717) is 11.1 Å². The Labute approximate surface area is 208 Å². The third kappa shape index (κ3) is 6.57. The topological polar surface area (TPSA) is 143 Å². The summed E-state index contributed by atoms with van der Waals surface area (Å²) in [7, 11) is 0. The third-order valence-corrected chi connectivity index (χ3v) is 5.16. The van der Waals surface area contributed by atoms with Crippen molar-refractivity contribution in [1.29, 1.82) is 5.26 Å². The van der Waals surface area contributed by atoms with Crippen molar-refractivity contribution in [2.24, 2.45) is 0 Å². The first-order valence-electron chi connectivity index (χ1n) is 9.79. The molecule has 0 atom stereocenters. The van der Waals surface area contributed by atoms with Crippen molar-refractivity contribution in [3.05, 3.63) is 103 Å². The number of anilines is 1.